The molecule has 154 valence electrons. The number of nitrogens with one attached hydrogen (secondary N) is 2. The Morgan fingerprint density at radius 3 is 2.21 bits per heavy atom. The minimum atomic E-state index is -0.357. The number of carbonyl (C=O) groups excluding carboxylic acids is 2. The van der Waals surface area contributed by atoms with E-state index < -0.39 is 0 Å². The molecule has 1 saturated heterocycles. The fraction of sp³-hybridized carbons (Fsp3) is 0.391. The third-order valence-electron chi connectivity index (χ3n) is 4.91. The van der Waals surface area contributed by atoms with E-state index >= 15 is 0 Å². The maximum absolute atomic E-state index is 13.0. The normalized spacial score (nSPS) is 15.1. The topological polar surface area (TPSA) is 61.4 Å². The summed E-state index contributed by atoms with van der Waals surface area (Å²) in [6.45, 7) is 7.37. The maximum Gasteiger partial charge on any atom is 0.253 e. The van der Waals surface area contributed by atoms with Crippen molar-refractivity contribution in [3.63, 3.8) is 0 Å². The minimum Gasteiger partial charge on any atom is -0.371 e. The summed E-state index contributed by atoms with van der Waals surface area (Å²) >= 11 is 0. The lowest BCUT2D eigenvalue weighted by molar-refractivity contribution is 0.0917. The van der Waals surface area contributed by atoms with Gasteiger partial charge in [-0.1, -0.05) is 12.1 Å². The van der Waals surface area contributed by atoms with Crippen LogP contribution < -0.4 is 15.5 Å². The highest BCUT2D eigenvalue weighted by Crippen LogP contribution is 2.25. The highest BCUT2D eigenvalue weighted by atomic mass is 19.1. The largest absolute Gasteiger partial charge is 0.371 e. The van der Waals surface area contributed by atoms with Gasteiger partial charge in [0.1, 0.15) is 5.82 Å². The Labute approximate surface area is 171 Å². The van der Waals surface area contributed by atoms with Crippen molar-refractivity contribution in [1.29, 1.82) is 0 Å². The molecular weight excluding hydrogens is 369 g/mol. The third-order valence-corrected chi connectivity index (χ3v) is 4.91. The first-order valence-electron chi connectivity index (χ1n) is 9.96. The van der Waals surface area contributed by atoms with Crippen LogP contribution in [-0.2, 0) is 0 Å². The van der Waals surface area contributed by atoms with Gasteiger partial charge < -0.3 is 15.5 Å². The van der Waals surface area contributed by atoms with Crippen LogP contribution in [0.2, 0.25) is 0 Å². The molecule has 6 heteroatoms. The number of carbonyl (C=O) groups is 2. The quantitative estimate of drug-likeness (QED) is 0.826. The molecule has 0 aromatic heterocycles. The second-order valence-corrected chi connectivity index (χ2v) is 8.46. The number of para-hydroxylation sites is 1. The van der Waals surface area contributed by atoms with Crippen LogP contribution in [0.1, 0.15) is 54.3 Å². The number of halogens is 1. The van der Waals surface area contributed by atoms with Crippen LogP contribution >= 0.6 is 0 Å². The molecule has 0 saturated carbocycles. The highest BCUT2D eigenvalue weighted by molar-refractivity contribution is 6.00. The SMILES string of the molecule is CC(C)(C)NC(=O)c1ccccc1N1CCC(NC(=O)c2ccc(F)cc2)CC1. The van der Waals surface area contributed by atoms with Gasteiger partial charge in [0, 0.05) is 35.9 Å². The second-order valence-electron chi connectivity index (χ2n) is 8.46. The summed E-state index contributed by atoms with van der Waals surface area (Å²) in [4.78, 5) is 27.2. The fourth-order valence-corrected chi connectivity index (χ4v) is 3.48. The van der Waals surface area contributed by atoms with Crippen LogP contribution in [0.15, 0.2) is 48.5 Å². The summed E-state index contributed by atoms with van der Waals surface area (Å²) in [5.41, 5.74) is 1.73. The number of benzene rings is 2. The highest BCUT2D eigenvalue weighted by Gasteiger charge is 2.25. The van der Waals surface area contributed by atoms with Crippen molar-refractivity contribution in [3.05, 3.63) is 65.5 Å². The Morgan fingerprint density at radius 2 is 1.59 bits per heavy atom. The number of rotatable bonds is 4. The van der Waals surface area contributed by atoms with Gasteiger partial charge in [0.05, 0.1) is 5.56 Å². The summed E-state index contributed by atoms with van der Waals surface area (Å²) in [6, 6.07) is 13.2. The average molecular weight is 397 g/mol. The van der Waals surface area contributed by atoms with Gasteiger partial charge in [-0.3, -0.25) is 9.59 Å². The van der Waals surface area contributed by atoms with Crippen LogP contribution in [0.5, 0.6) is 0 Å². The third kappa shape index (κ3) is 5.56. The predicted molar refractivity (Wildman–Crippen MR) is 113 cm³/mol. The van der Waals surface area contributed by atoms with Gasteiger partial charge in [0.15, 0.2) is 0 Å². The Morgan fingerprint density at radius 1 is 0.966 bits per heavy atom. The van der Waals surface area contributed by atoms with E-state index in [0.717, 1.165) is 31.6 Å². The molecule has 1 heterocycles. The number of hydrogen-bond donors (Lipinski definition) is 2. The number of nitrogens with zero attached hydrogens (tertiary/aromatic N) is 1. The lowest BCUT2D eigenvalue weighted by Crippen LogP contribution is -2.45. The van der Waals surface area contributed by atoms with Gasteiger partial charge in [-0.05, 0) is 70.0 Å². The number of piperidine rings is 1. The molecule has 0 spiro atoms. The minimum absolute atomic E-state index is 0.0550. The van der Waals surface area contributed by atoms with E-state index in [1.54, 1.807) is 0 Å². The van der Waals surface area contributed by atoms with Gasteiger partial charge >= 0.3 is 0 Å². The van der Waals surface area contributed by atoms with Crippen molar-refractivity contribution in [3.8, 4) is 0 Å². The molecule has 2 N–H and O–H groups in total. The molecule has 2 aromatic rings. The number of hydrogen-bond acceptors (Lipinski definition) is 3. The predicted octanol–water partition coefficient (Wildman–Crippen LogP) is 3.75. The number of amides is 2. The molecule has 0 radical (unpaired) electrons. The molecule has 0 aliphatic carbocycles. The Bertz CT molecular complexity index is 866. The number of anilines is 1. The van der Waals surface area contributed by atoms with Gasteiger partial charge in [-0.15, -0.1) is 0 Å². The summed E-state index contributed by atoms with van der Waals surface area (Å²) < 4.78 is 13.0. The summed E-state index contributed by atoms with van der Waals surface area (Å²) in [5.74, 6) is -0.628. The van der Waals surface area contributed by atoms with Crippen molar-refractivity contribution >= 4 is 17.5 Å². The maximum atomic E-state index is 13.0. The Balaban J connectivity index is 1.62. The molecule has 1 aliphatic rings. The molecule has 29 heavy (non-hydrogen) atoms. The van der Waals surface area contributed by atoms with E-state index in [2.05, 4.69) is 15.5 Å². The summed E-state index contributed by atoms with van der Waals surface area (Å²) in [5, 5.41) is 6.05. The summed E-state index contributed by atoms with van der Waals surface area (Å²) in [6.07, 6.45) is 1.56. The molecule has 1 aliphatic heterocycles. The molecule has 2 aromatic carbocycles. The van der Waals surface area contributed by atoms with Crippen LogP contribution in [-0.4, -0.2) is 36.5 Å². The molecular formula is C23H28FN3O2. The van der Waals surface area contributed by atoms with Crippen LogP contribution in [0.25, 0.3) is 0 Å². The van der Waals surface area contributed by atoms with Crippen molar-refractivity contribution in [2.24, 2.45) is 0 Å². The monoisotopic (exact) mass is 397 g/mol. The van der Waals surface area contributed by atoms with Crippen LogP contribution in [0.4, 0.5) is 10.1 Å². The zero-order valence-electron chi connectivity index (χ0n) is 17.2. The first-order chi connectivity index (χ1) is 13.7. The lowest BCUT2D eigenvalue weighted by atomic mass is 10.0. The zero-order valence-corrected chi connectivity index (χ0v) is 17.2. The van der Waals surface area contributed by atoms with Crippen molar-refractivity contribution in [2.45, 2.75) is 45.2 Å². The van der Waals surface area contributed by atoms with Gasteiger partial charge in [-0.2, -0.15) is 0 Å². The van der Waals surface area contributed by atoms with Gasteiger partial charge in [0.2, 0.25) is 0 Å². The molecule has 1 fully saturated rings. The second kappa shape index (κ2) is 8.64. The Kier molecular flexibility index (Phi) is 6.20. The zero-order chi connectivity index (χ0) is 21.0. The van der Waals surface area contributed by atoms with E-state index in [-0.39, 0.29) is 29.2 Å². The first-order valence-corrected chi connectivity index (χ1v) is 9.96. The molecule has 5 nitrogen and oxygen atoms in total. The first kappa shape index (κ1) is 20.8. The standard InChI is InChI=1S/C23H28FN3O2/c1-23(2,3)26-22(29)19-6-4-5-7-20(19)27-14-12-18(13-15-27)25-21(28)16-8-10-17(24)11-9-16/h4-11,18H,12-15H2,1-3H3,(H,25,28)(H,26,29). The average Bonchev–Trinajstić information content (AvgIpc) is 2.68. The van der Waals surface area contributed by atoms with E-state index in [4.69, 9.17) is 0 Å². The van der Waals surface area contributed by atoms with Gasteiger partial charge in [-0.25, -0.2) is 4.39 Å². The van der Waals surface area contributed by atoms with Crippen molar-refractivity contribution < 1.29 is 14.0 Å². The van der Waals surface area contributed by atoms with Crippen LogP contribution in [0, 0.1) is 5.82 Å². The Hall–Kier alpha value is -2.89. The van der Waals surface area contributed by atoms with Gasteiger partial charge in [0.25, 0.3) is 11.8 Å². The van der Waals surface area contributed by atoms with Crippen molar-refractivity contribution in [2.75, 3.05) is 18.0 Å². The fourth-order valence-electron chi connectivity index (χ4n) is 3.48. The molecule has 0 atom stereocenters. The smallest absolute Gasteiger partial charge is 0.253 e. The summed E-state index contributed by atoms with van der Waals surface area (Å²) in [7, 11) is 0. The van der Waals surface area contributed by atoms with E-state index in [1.165, 1.54) is 24.3 Å². The molecule has 3 rings (SSSR count). The molecule has 0 unspecified atom stereocenters. The van der Waals surface area contributed by atoms with E-state index in [9.17, 15) is 14.0 Å². The lowest BCUT2D eigenvalue weighted by Gasteiger charge is -2.35. The van der Waals surface area contributed by atoms with E-state index in [1.807, 2.05) is 45.0 Å². The molecule has 2 amide bonds. The van der Waals surface area contributed by atoms with E-state index in [0.29, 0.717) is 11.1 Å². The molecule has 0 bridgehead atoms. The van der Waals surface area contributed by atoms with Crippen LogP contribution in [0.3, 0.4) is 0 Å². The van der Waals surface area contributed by atoms with Crippen molar-refractivity contribution in [1.82, 2.24) is 10.6 Å².